The number of carbonyl (C=O) groups is 3. The van der Waals surface area contributed by atoms with Crippen LogP contribution in [0.1, 0.15) is 54.0 Å². The number of aromatic nitrogens is 5. The van der Waals surface area contributed by atoms with Gasteiger partial charge in [-0.2, -0.15) is 9.49 Å². The molecule has 13 heteroatoms. The molecule has 1 unspecified atom stereocenters. The van der Waals surface area contributed by atoms with Gasteiger partial charge in [-0.1, -0.05) is 6.92 Å². The van der Waals surface area contributed by atoms with Crippen molar-refractivity contribution < 1.29 is 18.8 Å². The Hall–Kier alpha value is -3.66. The molecule has 1 atom stereocenters. The van der Waals surface area contributed by atoms with Crippen LogP contribution in [0.2, 0.25) is 0 Å². The summed E-state index contributed by atoms with van der Waals surface area (Å²) in [5, 5.41) is 4.68. The van der Waals surface area contributed by atoms with Gasteiger partial charge in [-0.3, -0.25) is 24.2 Å². The van der Waals surface area contributed by atoms with Crippen molar-refractivity contribution in [2.24, 2.45) is 0 Å². The molecule has 11 nitrogen and oxygen atoms in total. The average Bonchev–Trinajstić information content (AvgIpc) is 3.56. The zero-order valence-corrected chi connectivity index (χ0v) is 23.6. The number of halogens is 1. The van der Waals surface area contributed by atoms with Crippen LogP contribution in [0.25, 0.3) is 11.5 Å². The third-order valence-corrected chi connectivity index (χ3v) is 7.28. The molecular weight excluding hydrogens is 522 g/mol. The van der Waals surface area contributed by atoms with Crippen molar-refractivity contribution in [3.05, 3.63) is 41.6 Å². The number of hydrogen-bond acceptors (Lipinski definition) is 6. The molecule has 1 fully saturated rings. The number of hydrogen-bond donors (Lipinski definition) is 1. The number of aryl methyl sites for hydroxylation is 1. The number of anilines is 2. The second kappa shape index (κ2) is 12.5. The normalized spacial score (nSPS) is 13.2. The van der Waals surface area contributed by atoms with Gasteiger partial charge in [0.15, 0.2) is 11.6 Å². The lowest BCUT2D eigenvalue weighted by atomic mass is 10.2. The van der Waals surface area contributed by atoms with Crippen molar-refractivity contribution in [2.45, 2.75) is 45.7 Å². The lowest BCUT2D eigenvalue weighted by Gasteiger charge is -2.23. The molecule has 1 saturated carbocycles. The van der Waals surface area contributed by atoms with Crippen LogP contribution in [0.15, 0.2) is 24.4 Å². The first-order valence-electron chi connectivity index (χ1n) is 13.1. The molecule has 3 aromatic heterocycles. The van der Waals surface area contributed by atoms with Crippen molar-refractivity contribution in [3.8, 4) is 11.5 Å². The fourth-order valence-corrected chi connectivity index (χ4v) is 4.72. The van der Waals surface area contributed by atoms with E-state index in [1.807, 2.05) is 13.8 Å². The molecule has 208 valence electrons. The molecule has 3 aromatic rings. The zero-order valence-electron chi connectivity index (χ0n) is 22.6. The van der Waals surface area contributed by atoms with Crippen LogP contribution in [-0.4, -0.2) is 86.9 Å². The van der Waals surface area contributed by atoms with Gasteiger partial charge >= 0.3 is 0 Å². The smallest absolute Gasteiger partial charge is 0.274 e. The van der Waals surface area contributed by atoms with E-state index >= 15 is 0 Å². The summed E-state index contributed by atoms with van der Waals surface area (Å²) < 4.78 is 15.1. The largest absolute Gasteiger partial charge is 0.337 e. The lowest BCUT2D eigenvalue weighted by Crippen LogP contribution is -2.34. The highest BCUT2D eigenvalue weighted by atomic mass is 31.1. The Morgan fingerprint density at radius 1 is 1.23 bits per heavy atom. The van der Waals surface area contributed by atoms with Crippen LogP contribution in [0.3, 0.4) is 0 Å². The topological polar surface area (TPSA) is 120 Å². The maximum atomic E-state index is 13.5. The van der Waals surface area contributed by atoms with Crippen LogP contribution in [0.4, 0.5) is 16.0 Å². The van der Waals surface area contributed by atoms with Crippen LogP contribution in [0.5, 0.6) is 0 Å². The van der Waals surface area contributed by atoms with E-state index < -0.39 is 5.95 Å². The summed E-state index contributed by atoms with van der Waals surface area (Å²) in [7, 11) is 2.37. The first kappa shape index (κ1) is 28.4. The Morgan fingerprint density at radius 3 is 2.59 bits per heavy atom. The van der Waals surface area contributed by atoms with E-state index in [9.17, 15) is 18.8 Å². The summed E-state index contributed by atoms with van der Waals surface area (Å²) in [6.07, 6.45) is 5.25. The number of carbonyl (C=O) groups excluding carboxylic acids is 3. The van der Waals surface area contributed by atoms with Crippen LogP contribution >= 0.6 is 8.58 Å². The number of rotatable bonds is 13. The fraction of sp³-hybridized carbons (Fsp3) is 0.462. The fourth-order valence-electron chi connectivity index (χ4n) is 4.27. The van der Waals surface area contributed by atoms with Gasteiger partial charge in [0.2, 0.25) is 12.4 Å². The number of nitrogens with one attached hydrogen (secondary N) is 1. The van der Waals surface area contributed by atoms with Gasteiger partial charge in [-0.25, -0.2) is 14.6 Å². The van der Waals surface area contributed by atoms with Gasteiger partial charge in [0.1, 0.15) is 17.2 Å². The predicted molar refractivity (Wildman–Crippen MR) is 149 cm³/mol. The Balaban J connectivity index is 1.76. The number of pyridine rings is 1. The minimum Gasteiger partial charge on any atom is -0.337 e. The number of nitrogens with zero attached hydrogens (tertiary/aromatic N) is 7. The van der Waals surface area contributed by atoms with Gasteiger partial charge < -0.3 is 9.88 Å². The minimum absolute atomic E-state index is 0.179. The molecule has 0 saturated heterocycles. The van der Waals surface area contributed by atoms with Crippen LogP contribution in [0, 0.1) is 5.95 Å². The highest BCUT2D eigenvalue weighted by Crippen LogP contribution is 2.31. The first-order valence-corrected chi connectivity index (χ1v) is 14.8. The zero-order chi connectivity index (χ0) is 28.1. The maximum Gasteiger partial charge on any atom is 0.274 e. The molecule has 0 bridgehead atoms. The third-order valence-electron chi connectivity index (χ3n) is 6.56. The van der Waals surface area contributed by atoms with E-state index in [2.05, 4.69) is 26.7 Å². The van der Waals surface area contributed by atoms with Crippen molar-refractivity contribution in [2.75, 3.05) is 42.8 Å². The summed E-state index contributed by atoms with van der Waals surface area (Å²) in [6, 6.07) is 4.49. The lowest BCUT2D eigenvalue weighted by molar-refractivity contribution is -0.107. The molecule has 1 N–H and O–H groups in total. The number of aromatic amines is 1. The Labute approximate surface area is 228 Å². The van der Waals surface area contributed by atoms with Crippen molar-refractivity contribution >= 4 is 38.4 Å². The van der Waals surface area contributed by atoms with E-state index in [0.29, 0.717) is 58.4 Å². The quantitative estimate of drug-likeness (QED) is 0.196. The summed E-state index contributed by atoms with van der Waals surface area (Å²) >= 11 is 0. The average molecular weight is 557 g/mol. The highest BCUT2D eigenvalue weighted by molar-refractivity contribution is 7.37. The second-order valence-electron chi connectivity index (χ2n) is 9.36. The minimum atomic E-state index is -0.659. The number of imidazole rings is 1. The summed E-state index contributed by atoms with van der Waals surface area (Å²) in [4.78, 5) is 54.8. The van der Waals surface area contributed by atoms with Gasteiger partial charge in [0.25, 0.3) is 11.8 Å². The maximum absolute atomic E-state index is 13.5. The standard InChI is InChI=1S/C26H34FN8O3P/c1-5-11-33(16-36)24-22(26(38)32(3)18-8-9-18)29-23(30-24)19-14-21(35(6-2)31-19)34(12-13-39-4)25(37)17-7-10-20(27)28-15-17/h7,10,14-16,18,39H,5-6,8-9,11-13H2,1-4H3,(H,29,30). The van der Waals surface area contributed by atoms with E-state index in [1.54, 1.807) is 27.6 Å². The molecule has 1 aliphatic rings. The molecule has 1 aliphatic carbocycles. The monoisotopic (exact) mass is 556 g/mol. The van der Waals surface area contributed by atoms with Crippen LogP contribution in [-0.2, 0) is 11.3 Å². The Kier molecular flexibility index (Phi) is 9.06. The van der Waals surface area contributed by atoms with Crippen LogP contribution < -0.4 is 9.80 Å². The van der Waals surface area contributed by atoms with Crippen molar-refractivity contribution in [1.82, 2.24) is 29.6 Å². The summed E-state index contributed by atoms with van der Waals surface area (Å²) in [6.45, 7) is 7.21. The number of amides is 3. The van der Waals surface area contributed by atoms with Crippen molar-refractivity contribution in [1.29, 1.82) is 0 Å². The molecule has 0 aromatic carbocycles. The van der Waals surface area contributed by atoms with E-state index in [1.165, 1.54) is 17.2 Å². The SMILES string of the molecule is CCCN(C=O)c1nc(-c2cc(N(CCPC)C(=O)c3ccc(F)nc3)n(CC)n2)[nH]c1C(=O)N(C)C1CC1. The molecule has 0 radical (unpaired) electrons. The van der Waals surface area contributed by atoms with Crippen molar-refractivity contribution in [3.63, 3.8) is 0 Å². The molecule has 0 aliphatic heterocycles. The second-order valence-corrected chi connectivity index (χ2v) is 10.6. The predicted octanol–water partition coefficient (Wildman–Crippen LogP) is 3.39. The van der Waals surface area contributed by atoms with E-state index in [0.717, 1.165) is 25.1 Å². The van der Waals surface area contributed by atoms with E-state index in [-0.39, 0.29) is 34.9 Å². The Morgan fingerprint density at radius 2 is 2.00 bits per heavy atom. The first-order chi connectivity index (χ1) is 18.8. The molecular formula is C26H34FN8O3P. The van der Waals surface area contributed by atoms with Gasteiger partial charge in [0, 0.05) is 45.0 Å². The number of H-pyrrole nitrogens is 1. The summed E-state index contributed by atoms with van der Waals surface area (Å²) in [5.74, 6) is -0.103. The third kappa shape index (κ3) is 6.16. The van der Waals surface area contributed by atoms with Gasteiger partial charge in [-0.05, 0) is 51.1 Å². The molecule has 4 rings (SSSR count). The van der Waals surface area contributed by atoms with E-state index in [4.69, 9.17) is 0 Å². The van der Waals surface area contributed by atoms with Gasteiger partial charge in [-0.15, -0.1) is 8.58 Å². The summed E-state index contributed by atoms with van der Waals surface area (Å²) in [5.41, 5.74) is 0.918. The molecule has 3 heterocycles. The Bertz CT molecular complexity index is 1320. The molecule has 0 spiro atoms. The molecule has 39 heavy (non-hydrogen) atoms. The highest BCUT2D eigenvalue weighted by Gasteiger charge is 2.34. The van der Waals surface area contributed by atoms with Gasteiger partial charge in [0.05, 0.1) is 5.56 Å². The molecule has 3 amide bonds.